The monoisotopic (exact) mass is 365 g/mol. The number of likely N-dealkylation sites (tertiary alicyclic amines) is 1. The van der Waals surface area contributed by atoms with Crippen molar-refractivity contribution in [3.8, 4) is 0 Å². The zero-order valence-corrected chi connectivity index (χ0v) is 15.4. The number of aromatic nitrogens is 5. The van der Waals surface area contributed by atoms with Gasteiger partial charge in [-0.25, -0.2) is 9.78 Å². The van der Waals surface area contributed by atoms with Gasteiger partial charge in [0.2, 0.25) is 0 Å². The molecule has 0 aliphatic carbocycles. The maximum Gasteiger partial charge on any atom is 0.321 e. The van der Waals surface area contributed by atoms with Crippen molar-refractivity contribution in [3.05, 3.63) is 41.9 Å². The number of amides is 2. The summed E-state index contributed by atoms with van der Waals surface area (Å²) in [5, 5.41) is 11.8. The van der Waals surface area contributed by atoms with Crippen molar-refractivity contribution in [1.82, 2.24) is 29.0 Å². The van der Waals surface area contributed by atoms with E-state index >= 15 is 0 Å². The first-order valence-electron chi connectivity index (χ1n) is 9.60. The lowest BCUT2D eigenvalue weighted by atomic mass is 9.97. The van der Waals surface area contributed by atoms with Gasteiger partial charge in [-0.15, -0.1) is 10.2 Å². The van der Waals surface area contributed by atoms with E-state index < -0.39 is 0 Å². The van der Waals surface area contributed by atoms with E-state index in [0.29, 0.717) is 6.54 Å². The topological polar surface area (TPSA) is 80.4 Å². The van der Waals surface area contributed by atoms with Gasteiger partial charge in [-0.2, -0.15) is 0 Å². The Morgan fingerprint density at radius 2 is 2.19 bits per heavy atom. The number of nitrogens with one attached hydrogen (secondary N) is 1. The van der Waals surface area contributed by atoms with E-state index in [1.165, 1.54) is 0 Å². The number of hydrogen-bond donors (Lipinski definition) is 1. The van der Waals surface area contributed by atoms with Crippen LogP contribution in [-0.4, -0.2) is 48.2 Å². The fourth-order valence-electron chi connectivity index (χ4n) is 4.33. The quantitative estimate of drug-likeness (QED) is 0.757. The van der Waals surface area contributed by atoms with E-state index in [2.05, 4.69) is 25.1 Å². The van der Waals surface area contributed by atoms with Crippen LogP contribution in [0.2, 0.25) is 0 Å². The Kier molecular flexibility index (Phi) is 3.84. The fraction of sp³-hybridized carbons (Fsp3) is 0.474. The molecule has 0 spiro atoms. The number of imidazole rings is 1. The molecule has 1 saturated heterocycles. The van der Waals surface area contributed by atoms with Crippen molar-refractivity contribution in [3.63, 3.8) is 0 Å². The SMILES string of the molecule is Cc1cc(NC(=O)N2CCCC(c3nnc4n3CCC4)C2)cn2ccnc12. The molecule has 0 saturated carbocycles. The minimum absolute atomic E-state index is 0.0558. The van der Waals surface area contributed by atoms with Crippen molar-refractivity contribution in [2.75, 3.05) is 18.4 Å². The Hall–Kier alpha value is -2.90. The number of hydrogen-bond acceptors (Lipinski definition) is 4. The summed E-state index contributed by atoms with van der Waals surface area (Å²) in [6.45, 7) is 4.47. The molecule has 2 aliphatic heterocycles. The van der Waals surface area contributed by atoms with E-state index in [4.69, 9.17) is 0 Å². The lowest BCUT2D eigenvalue weighted by Crippen LogP contribution is -2.42. The lowest BCUT2D eigenvalue weighted by molar-refractivity contribution is 0.190. The molecule has 1 atom stereocenters. The molecule has 2 amide bonds. The van der Waals surface area contributed by atoms with Gasteiger partial charge in [0.05, 0.1) is 5.69 Å². The molecule has 8 heteroatoms. The van der Waals surface area contributed by atoms with Gasteiger partial charge in [-0.1, -0.05) is 0 Å². The van der Waals surface area contributed by atoms with Gasteiger partial charge < -0.3 is 19.2 Å². The van der Waals surface area contributed by atoms with Crippen LogP contribution in [-0.2, 0) is 13.0 Å². The zero-order valence-electron chi connectivity index (χ0n) is 15.4. The molecule has 1 unspecified atom stereocenters. The van der Waals surface area contributed by atoms with E-state index in [9.17, 15) is 4.79 Å². The first-order valence-corrected chi connectivity index (χ1v) is 9.60. The summed E-state index contributed by atoms with van der Waals surface area (Å²) in [5.41, 5.74) is 2.73. The number of rotatable bonds is 2. The van der Waals surface area contributed by atoms with Crippen LogP contribution in [0.4, 0.5) is 10.5 Å². The number of anilines is 1. The number of pyridine rings is 1. The van der Waals surface area contributed by atoms with Crippen LogP contribution in [0.15, 0.2) is 24.7 Å². The highest BCUT2D eigenvalue weighted by molar-refractivity contribution is 5.89. The summed E-state index contributed by atoms with van der Waals surface area (Å²) in [5.74, 6) is 2.41. The Morgan fingerprint density at radius 3 is 3.11 bits per heavy atom. The molecule has 3 aromatic heterocycles. The molecular formula is C19H23N7O. The summed E-state index contributed by atoms with van der Waals surface area (Å²) >= 11 is 0. The molecule has 0 bridgehead atoms. The van der Waals surface area contributed by atoms with Crippen LogP contribution < -0.4 is 5.32 Å². The minimum atomic E-state index is -0.0558. The number of carbonyl (C=O) groups is 1. The summed E-state index contributed by atoms with van der Waals surface area (Å²) in [6.07, 6.45) is 9.76. The molecular weight excluding hydrogens is 342 g/mol. The fourth-order valence-corrected chi connectivity index (χ4v) is 4.33. The molecule has 27 heavy (non-hydrogen) atoms. The first kappa shape index (κ1) is 16.3. The summed E-state index contributed by atoms with van der Waals surface area (Å²) in [4.78, 5) is 19.1. The number of urea groups is 1. The molecule has 5 heterocycles. The minimum Gasteiger partial charge on any atom is -0.324 e. The van der Waals surface area contributed by atoms with Gasteiger partial charge in [-0.3, -0.25) is 0 Å². The van der Waals surface area contributed by atoms with E-state index in [1.807, 2.05) is 34.7 Å². The highest BCUT2D eigenvalue weighted by Crippen LogP contribution is 2.29. The second-order valence-corrected chi connectivity index (χ2v) is 7.51. The van der Waals surface area contributed by atoms with Crippen LogP contribution in [0.1, 0.15) is 42.4 Å². The summed E-state index contributed by atoms with van der Waals surface area (Å²) < 4.78 is 4.19. The van der Waals surface area contributed by atoms with Crippen LogP contribution in [0, 0.1) is 6.92 Å². The molecule has 3 aromatic rings. The van der Waals surface area contributed by atoms with Crippen LogP contribution >= 0.6 is 0 Å². The highest BCUT2D eigenvalue weighted by Gasteiger charge is 2.30. The Morgan fingerprint density at radius 1 is 1.26 bits per heavy atom. The molecule has 2 aliphatic rings. The number of fused-ring (bicyclic) bond motifs is 2. The molecule has 0 aromatic carbocycles. The van der Waals surface area contributed by atoms with E-state index in [-0.39, 0.29) is 11.9 Å². The number of carbonyl (C=O) groups excluding carboxylic acids is 1. The number of piperidine rings is 1. The van der Waals surface area contributed by atoms with E-state index in [1.54, 1.807) is 6.20 Å². The van der Waals surface area contributed by atoms with E-state index in [0.717, 1.165) is 67.3 Å². The average molecular weight is 365 g/mol. The van der Waals surface area contributed by atoms with Gasteiger partial charge in [0.25, 0.3) is 0 Å². The predicted octanol–water partition coefficient (Wildman–Crippen LogP) is 2.59. The van der Waals surface area contributed by atoms with Crippen molar-refractivity contribution in [2.45, 2.75) is 45.1 Å². The normalized spacial score (nSPS) is 19.4. The highest BCUT2D eigenvalue weighted by atomic mass is 16.2. The van der Waals surface area contributed by atoms with Crippen LogP contribution in [0.5, 0.6) is 0 Å². The van der Waals surface area contributed by atoms with Crippen molar-refractivity contribution in [1.29, 1.82) is 0 Å². The Balaban J connectivity index is 1.32. The van der Waals surface area contributed by atoms with Gasteiger partial charge >= 0.3 is 6.03 Å². The molecule has 5 rings (SSSR count). The van der Waals surface area contributed by atoms with Gasteiger partial charge in [-0.05, 0) is 37.8 Å². The van der Waals surface area contributed by atoms with Gasteiger partial charge in [0, 0.05) is 50.6 Å². The van der Waals surface area contributed by atoms with Crippen molar-refractivity contribution >= 4 is 17.4 Å². The van der Waals surface area contributed by atoms with Gasteiger partial charge in [0.1, 0.15) is 17.3 Å². The van der Waals surface area contributed by atoms with Gasteiger partial charge in [0.15, 0.2) is 0 Å². The third-order valence-electron chi connectivity index (χ3n) is 5.63. The second kappa shape index (κ2) is 6.37. The maximum absolute atomic E-state index is 12.8. The van der Waals surface area contributed by atoms with Crippen LogP contribution in [0.3, 0.4) is 0 Å². The Bertz CT molecular complexity index is 1000. The molecule has 1 fully saturated rings. The molecule has 1 N–H and O–H groups in total. The molecule has 8 nitrogen and oxygen atoms in total. The summed E-state index contributed by atoms with van der Waals surface area (Å²) in [7, 11) is 0. The zero-order chi connectivity index (χ0) is 18.4. The first-order chi connectivity index (χ1) is 13.2. The second-order valence-electron chi connectivity index (χ2n) is 7.51. The van der Waals surface area contributed by atoms with Crippen molar-refractivity contribution in [2.24, 2.45) is 0 Å². The lowest BCUT2D eigenvalue weighted by Gasteiger charge is -2.32. The predicted molar refractivity (Wildman–Crippen MR) is 101 cm³/mol. The Labute approximate surface area is 157 Å². The largest absolute Gasteiger partial charge is 0.324 e. The van der Waals surface area contributed by atoms with Crippen LogP contribution in [0.25, 0.3) is 5.65 Å². The number of nitrogens with zero attached hydrogens (tertiary/aromatic N) is 6. The number of aryl methyl sites for hydroxylation is 2. The maximum atomic E-state index is 12.8. The molecule has 140 valence electrons. The van der Waals surface area contributed by atoms with Crippen molar-refractivity contribution < 1.29 is 4.79 Å². The average Bonchev–Trinajstić information content (AvgIpc) is 3.38. The molecule has 0 radical (unpaired) electrons. The standard InChI is InChI=1S/C19H23N7O/c1-13-10-15(12-24-9-6-20-17(13)24)21-19(27)25-7-2-4-14(11-25)18-23-22-16-5-3-8-26(16)18/h6,9-10,12,14H,2-5,7-8,11H2,1H3,(H,21,27). The third kappa shape index (κ3) is 2.85. The smallest absolute Gasteiger partial charge is 0.321 e. The third-order valence-corrected chi connectivity index (χ3v) is 5.63. The summed E-state index contributed by atoms with van der Waals surface area (Å²) in [6, 6.07) is 1.91.